The first-order chi connectivity index (χ1) is 7.87. The Bertz CT molecular complexity index is 534. The molecule has 0 aliphatic carbocycles. The standard InChI is InChI=1S/C10H11ClFNO3S/c11-6-1-2-7(12)8(3-6)13-9-4-17(15,16)5-10(9)14/h1-3,9-10,13-14H,4-5H2. The quantitative estimate of drug-likeness (QED) is 0.849. The van der Waals surface area contributed by atoms with Crippen molar-refractivity contribution in [2.24, 2.45) is 0 Å². The van der Waals surface area contributed by atoms with E-state index in [1.165, 1.54) is 18.2 Å². The maximum atomic E-state index is 13.4. The summed E-state index contributed by atoms with van der Waals surface area (Å²) < 4.78 is 35.9. The van der Waals surface area contributed by atoms with Gasteiger partial charge in [-0.25, -0.2) is 12.8 Å². The van der Waals surface area contributed by atoms with Crippen molar-refractivity contribution in [3.8, 4) is 0 Å². The van der Waals surface area contributed by atoms with Crippen LogP contribution in [-0.2, 0) is 9.84 Å². The van der Waals surface area contributed by atoms with Crippen LogP contribution < -0.4 is 5.32 Å². The van der Waals surface area contributed by atoms with Gasteiger partial charge in [0, 0.05) is 5.02 Å². The van der Waals surface area contributed by atoms with Gasteiger partial charge in [-0.3, -0.25) is 0 Å². The summed E-state index contributed by atoms with van der Waals surface area (Å²) >= 11 is 5.71. The number of aliphatic hydroxyl groups is 1. The second-order valence-corrected chi connectivity index (χ2v) is 6.61. The molecular weight excluding hydrogens is 269 g/mol. The third-order valence-electron chi connectivity index (χ3n) is 2.59. The third kappa shape index (κ3) is 2.88. The molecule has 0 saturated carbocycles. The average Bonchev–Trinajstić information content (AvgIpc) is 2.46. The predicted molar refractivity (Wildman–Crippen MR) is 63.5 cm³/mol. The van der Waals surface area contributed by atoms with Crippen molar-refractivity contribution in [3.05, 3.63) is 29.0 Å². The van der Waals surface area contributed by atoms with Crippen molar-refractivity contribution in [1.82, 2.24) is 0 Å². The van der Waals surface area contributed by atoms with Gasteiger partial charge in [0.2, 0.25) is 0 Å². The van der Waals surface area contributed by atoms with E-state index in [-0.39, 0.29) is 17.2 Å². The molecule has 7 heteroatoms. The summed E-state index contributed by atoms with van der Waals surface area (Å²) in [5, 5.41) is 12.6. The highest BCUT2D eigenvalue weighted by molar-refractivity contribution is 7.91. The highest BCUT2D eigenvalue weighted by Crippen LogP contribution is 2.23. The molecule has 4 nitrogen and oxygen atoms in total. The minimum atomic E-state index is -3.26. The highest BCUT2D eigenvalue weighted by atomic mass is 35.5. The molecule has 0 amide bonds. The number of benzene rings is 1. The van der Waals surface area contributed by atoms with E-state index in [0.717, 1.165) is 0 Å². The molecule has 2 atom stereocenters. The molecule has 0 spiro atoms. The molecule has 2 rings (SSSR count). The lowest BCUT2D eigenvalue weighted by molar-refractivity contribution is 0.190. The molecule has 94 valence electrons. The number of hydrogen-bond acceptors (Lipinski definition) is 4. The number of hydrogen-bond donors (Lipinski definition) is 2. The largest absolute Gasteiger partial charge is 0.390 e. The summed E-state index contributed by atoms with van der Waals surface area (Å²) in [6, 6.07) is 3.23. The zero-order valence-electron chi connectivity index (χ0n) is 8.73. The first kappa shape index (κ1) is 12.6. The van der Waals surface area contributed by atoms with E-state index >= 15 is 0 Å². The smallest absolute Gasteiger partial charge is 0.155 e. The molecule has 1 saturated heterocycles. The van der Waals surface area contributed by atoms with E-state index < -0.39 is 27.8 Å². The Kier molecular flexibility index (Phi) is 3.29. The first-order valence-electron chi connectivity index (χ1n) is 4.97. The lowest BCUT2D eigenvalue weighted by Crippen LogP contribution is -2.32. The number of aliphatic hydroxyl groups excluding tert-OH is 1. The number of halogens is 2. The van der Waals surface area contributed by atoms with Crippen LogP contribution in [-0.4, -0.2) is 37.2 Å². The van der Waals surface area contributed by atoms with Crippen LogP contribution in [0.1, 0.15) is 0 Å². The molecule has 0 aromatic heterocycles. The summed E-state index contributed by atoms with van der Waals surface area (Å²) in [5.74, 6) is -1.04. The van der Waals surface area contributed by atoms with Gasteiger partial charge in [-0.1, -0.05) is 11.6 Å². The summed E-state index contributed by atoms with van der Waals surface area (Å²) in [4.78, 5) is 0. The Hall–Kier alpha value is -0.850. The lowest BCUT2D eigenvalue weighted by atomic mass is 10.2. The molecule has 1 aliphatic heterocycles. The SMILES string of the molecule is O=S1(=O)CC(O)C(Nc2cc(Cl)ccc2F)C1. The normalized spacial score (nSPS) is 27.0. The fraction of sp³-hybridized carbons (Fsp3) is 0.400. The van der Waals surface area contributed by atoms with Gasteiger partial charge < -0.3 is 10.4 Å². The number of anilines is 1. The fourth-order valence-electron chi connectivity index (χ4n) is 1.77. The Balaban J connectivity index is 2.19. The Labute approximate surface area is 103 Å². The van der Waals surface area contributed by atoms with Crippen LogP contribution in [0.2, 0.25) is 5.02 Å². The number of nitrogens with one attached hydrogen (secondary N) is 1. The summed E-state index contributed by atoms with van der Waals surface area (Å²) in [6.45, 7) is 0. The van der Waals surface area contributed by atoms with Crippen molar-refractivity contribution in [1.29, 1.82) is 0 Å². The van der Waals surface area contributed by atoms with E-state index in [0.29, 0.717) is 5.02 Å². The average molecular weight is 280 g/mol. The Morgan fingerprint density at radius 3 is 2.71 bits per heavy atom. The van der Waals surface area contributed by atoms with Gasteiger partial charge >= 0.3 is 0 Å². The van der Waals surface area contributed by atoms with Crippen LogP contribution in [0.15, 0.2) is 18.2 Å². The van der Waals surface area contributed by atoms with Gasteiger partial charge in [0.05, 0.1) is 29.3 Å². The van der Waals surface area contributed by atoms with Crippen molar-refractivity contribution in [3.63, 3.8) is 0 Å². The van der Waals surface area contributed by atoms with Crippen molar-refractivity contribution >= 4 is 27.1 Å². The first-order valence-corrected chi connectivity index (χ1v) is 7.17. The van der Waals surface area contributed by atoms with Crippen LogP contribution >= 0.6 is 11.6 Å². The maximum Gasteiger partial charge on any atom is 0.155 e. The van der Waals surface area contributed by atoms with Gasteiger partial charge in [0.15, 0.2) is 9.84 Å². The third-order valence-corrected chi connectivity index (χ3v) is 4.54. The lowest BCUT2D eigenvalue weighted by Gasteiger charge is -2.16. The van der Waals surface area contributed by atoms with Crippen molar-refractivity contribution in [2.75, 3.05) is 16.8 Å². The molecule has 0 radical (unpaired) electrons. The topological polar surface area (TPSA) is 66.4 Å². The second kappa shape index (κ2) is 4.44. The minimum absolute atomic E-state index is 0.0960. The molecule has 1 aromatic rings. The zero-order chi connectivity index (χ0) is 12.6. The van der Waals surface area contributed by atoms with Gasteiger partial charge in [0.25, 0.3) is 0 Å². The zero-order valence-corrected chi connectivity index (χ0v) is 10.3. The highest BCUT2D eigenvalue weighted by Gasteiger charge is 2.36. The molecule has 0 bridgehead atoms. The second-order valence-electron chi connectivity index (χ2n) is 4.02. The van der Waals surface area contributed by atoms with Crippen molar-refractivity contribution in [2.45, 2.75) is 12.1 Å². The van der Waals surface area contributed by atoms with Crippen LogP contribution in [0.5, 0.6) is 0 Å². The number of sulfone groups is 1. The molecule has 1 heterocycles. The van der Waals surface area contributed by atoms with Crippen LogP contribution in [0.3, 0.4) is 0 Å². The molecule has 2 unspecified atom stereocenters. The van der Waals surface area contributed by atoms with Crippen LogP contribution in [0.4, 0.5) is 10.1 Å². The number of rotatable bonds is 2. The van der Waals surface area contributed by atoms with Gasteiger partial charge in [-0.15, -0.1) is 0 Å². The van der Waals surface area contributed by atoms with E-state index in [9.17, 15) is 17.9 Å². The molecule has 2 N–H and O–H groups in total. The minimum Gasteiger partial charge on any atom is -0.390 e. The Morgan fingerprint density at radius 2 is 2.12 bits per heavy atom. The molecule has 17 heavy (non-hydrogen) atoms. The van der Waals surface area contributed by atoms with E-state index in [1.807, 2.05) is 0 Å². The summed E-state index contributed by atoms with van der Waals surface area (Å²) in [5.41, 5.74) is 0.0960. The maximum absolute atomic E-state index is 13.4. The molecule has 1 aliphatic rings. The molecule has 1 fully saturated rings. The van der Waals surface area contributed by atoms with Gasteiger partial charge in [-0.2, -0.15) is 0 Å². The monoisotopic (exact) mass is 279 g/mol. The van der Waals surface area contributed by atoms with E-state index in [4.69, 9.17) is 11.6 Å². The Morgan fingerprint density at radius 1 is 1.41 bits per heavy atom. The summed E-state index contributed by atoms with van der Waals surface area (Å²) in [7, 11) is -3.26. The van der Waals surface area contributed by atoms with Crippen molar-refractivity contribution < 1.29 is 17.9 Å². The molecular formula is C10H11ClFNO3S. The summed E-state index contributed by atoms with van der Waals surface area (Å²) in [6.07, 6.45) is -1.03. The van der Waals surface area contributed by atoms with E-state index in [1.54, 1.807) is 0 Å². The van der Waals surface area contributed by atoms with Crippen LogP contribution in [0.25, 0.3) is 0 Å². The predicted octanol–water partition coefficient (Wildman–Crippen LogP) is 1.05. The van der Waals surface area contributed by atoms with Crippen LogP contribution in [0, 0.1) is 5.82 Å². The van der Waals surface area contributed by atoms with Gasteiger partial charge in [0.1, 0.15) is 5.82 Å². The van der Waals surface area contributed by atoms with Gasteiger partial charge in [-0.05, 0) is 18.2 Å². The van der Waals surface area contributed by atoms with E-state index in [2.05, 4.69) is 5.32 Å². The fourth-order valence-corrected chi connectivity index (χ4v) is 3.69. The molecule has 1 aromatic carbocycles.